The molecule has 7 nitrogen and oxygen atoms in total. The van der Waals surface area contributed by atoms with E-state index in [2.05, 4.69) is 0 Å². The summed E-state index contributed by atoms with van der Waals surface area (Å²) in [5.41, 5.74) is 5.36. The highest BCUT2D eigenvalue weighted by atomic mass is 32.2. The monoisotopic (exact) mass is 267 g/mol. The van der Waals surface area contributed by atoms with Crippen molar-refractivity contribution in [2.45, 2.75) is 12.5 Å². The summed E-state index contributed by atoms with van der Waals surface area (Å²) in [7, 11) is -2.00. The van der Waals surface area contributed by atoms with Gasteiger partial charge in [-0.15, -0.1) is 0 Å². The largest absolute Gasteiger partial charge is 0.395 e. The number of hydrogen-bond donors (Lipinski definition) is 2. The van der Waals surface area contributed by atoms with E-state index < -0.39 is 16.3 Å². The molecule has 3 N–H and O–H groups in total. The average Bonchev–Trinajstić information content (AvgIpc) is 2.35. The predicted octanol–water partition coefficient (Wildman–Crippen LogP) is -1.80. The third-order valence-corrected chi connectivity index (χ3v) is 4.80. The molecule has 1 aliphatic rings. The van der Waals surface area contributed by atoms with Gasteiger partial charge in [0.15, 0.2) is 0 Å². The molecular formula is C9H21N3O4S. The molecule has 0 aromatic heterocycles. The van der Waals surface area contributed by atoms with Crippen LogP contribution in [0.5, 0.6) is 0 Å². The van der Waals surface area contributed by atoms with Gasteiger partial charge in [-0.2, -0.15) is 17.0 Å². The fourth-order valence-electron chi connectivity index (χ4n) is 1.70. The van der Waals surface area contributed by atoms with Crippen LogP contribution in [0.15, 0.2) is 0 Å². The molecule has 17 heavy (non-hydrogen) atoms. The van der Waals surface area contributed by atoms with Crippen molar-refractivity contribution in [2.75, 3.05) is 46.5 Å². The first-order valence-corrected chi connectivity index (χ1v) is 7.05. The number of nitrogens with two attached hydrogens (primary N) is 1. The van der Waals surface area contributed by atoms with Gasteiger partial charge < -0.3 is 15.6 Å². The van der Waals surface area contributed by atoms with Crippen LogP contribution in [0.25, 0.3) is 0 Å². The molecule has 0 amide bonds. The Bertz CT molecular complexity index is 322. The van der Waals surface area contributed by atoms with E-state index in [-0.39, 0.29) is 19.8 Å². The summed E-state index contributed by atoms with van der Waals surface area (Å²) < 4.78 is 32.1. The fraction of sp³-hybridized carbons (Fsp3) is 1.00. The molecule has 1 heterocycles. The molecule has 0 aromatic carbocycles. The highest BCUT2D eigenvalue weighted by Gasteiger charge is 2.34. The SMILES string of the molecule is CN(CCCN)S(=O)(=O)N1CCOCC1CO. The molecule has 1 unspecified atom stereocenters. The summed E-state index contributed by atoms with van der Waals surface area (Å²) in [6.45, 7) is 1.48. The average molecular weight is 267 g/mol. The van der Waals surface area contributed by atoms with Crippen molar-refractivity contribution in [1.29, 1.82) is 0 Å². The molecule has 0 bridgehead atoms. The van der Waals surface area contributed by atoms with E-state index >= 15 is 0 Å². The molecular weight excluding hydrogens is 246 g/mol. The first-order valence-electron chi connectivity index (χ1n) is 5.65. The molecule has 102 valence electrons. The Labute approximate surface area is 102 Å². The van der Waals surface area contributed by atoms with E-state index in [9.17, 15) is 8.42 Å². The normalized spacial score (nSPS) is 23.2. The summed E-state index contributed by atoms with van der Waals surface area (Å²) in [5, 5.41) is 9.16. The van der Waals surface area contributed by atoms with Crippen molar-refractivity contribution < 1.29 is 18.3 Å². The van der Waals surface area contributed by atoms with Crippen LogP contribution in [0.4, 0.5) is 0 Å². The minimum absolute atomic E-state index is 0.232. The van der Waals surface area contributed by atoms with Crippen molar-refractivity contribution in [3.63, 3.8) is 0 Å². The molecule has 0 saturated carbocycles. The summed E-state index contributed by atoms with van der Waals surface area (Å²) in [6.07, 6.45) is 0.615. The minimum Gasteiger partial charge on any atom is -0.395 e. The summed E-state index contributed by atoms with van der Waals surface area (Å²) in [5.74, 6) is 0. The van der Waals surface area contributed by atoms with Gasteiger partial charge in [0.05, 0.1) is 25.9 Å². The van der Waals surface area contributed by atoms with Crippen LogP contribution in [0.2, 0.25) is 0 Å². The van der Waals surface area contributed by atoms with Gasteiger partial charge in [0.1, 0.15) is 0 Å². The number of morpholine rings is 1. The lowest BCUT2D eigenvalue weighted by molar-refractivity contribution is 0.00862. The molecule has 1 fully saturated rings. The molecule has 0 radical (unpaired) electrons. The predicted molar refractivity (Wildman–Crippen MR) is 63.6 cm³/mol. The minimum atomic E-state index is -3.52. The molecule has 1 rings (SSSR count). The maximum absolute atomic E-state index is 12.2. The number of hydrogen-bond acceptors (Lipinski definition) is 5. The van der Waals surface area contributed by atoms with Gasteiger partial charge in [0.2, 0.25) is 0 Å². The lowest BCUT2D eigenvalue weighted by atomic mass is 10.3. The zero-order valence-electron chi connectivity index (χ0n) is 10.1. The van der Waals surface area contributed by atoms with Crippen LogP contribution in [0, 0.1) is 0 Å². The second kappa shape index (κ2) is 6.62. The van der Waals surface area contributed by atoms with Crippen molar-refractivity contribution in [2.24, 2.45) is 5.73 Å². The second-order valence-electron chi connectivity index (χ2n) is 3.99. The molecule has 0 aliphatic carbocycles. The fourth-order valence-corrected chi connectivity index (χ4v) is 3.22. The van der Waals surface area contributed by atoms with Crippen LogP contribution in [0.1, 0.15) is 6.42 Å². The Kier molecular flexibility index (Phi) is 5.77. The van der Waals surface area contributed by atoms with Gasteiger partial charge in [0, 0.05) is 20.1 Å². The molecule has 1 saturated heterocycles. The van der Waals surface area contributed by atoms with E-state index in [1.54, 1.807) is 0 Å². The van der Waals surface area contributed by atoms with Gasteiger partial charge >= 0.3 is 0 Å². The second-order valence-corrected chi connectivity index (χ2v) is 5.98. The number of ether oxygens (including phenoxy) is 1. The third-order valence-electron chi connectivity index (χ3n) is 2.75. The lowest BCUT2D eigenvalue weighted by Crippen LogP contribution is -2.54. The van der Waals surface area contributed by atoms with Crippen molar-refractivity contribution >= 4 is 10.2 Å². The number of aliphatic hydroxyl groups is 1. The first-order chi connectivity index (χ1) is 8.04. The van der Waals surface area contributed by atoms with Crippen LogP contribution in [0.3, 0.4) is 0 Å². The molecule has 1 aliphatic heterocycles. The molecule has 1 atom stereocenters. The maximum atomic E-state index is 12.2. The molecule has 0 spiro atoms. The van der Waals surface area contributed by atoms with E-state index in [0.29, 0.717) is 26.1 Å². The maximum Gasteiger partial charge on any atom is 0.282 e. The van der Waals surface area contributed by atoms with E-state index in [0.717, 1.165) is 0 Å². The topological polar surface area (TPSA) is 96.1 Å². The van der Waals surface area contributed by atoms with Gasteiger partial charge in [-0.05, 0) is 13.0 Å². The van der Waals surface area contributed by atoms with Crippen LogP contribution in [-0.2, 0) is 14.9 Å². The Morgan fingerprint density at radius 2 is 2.29 bits per heavy atom. The standard InChI is InChI=1S/C9H21N3O4S/c1-11(4-2-3-10)17(14,15)12-5-6-16-8-9(12)7-13/h9,13H,2-8,10H2,1H3. The summed E-state index contributed by atoms with van der Waals surface area (Å²) >= 11 is 0. The van der Waals surface area contributed by atoms with Crippen LogP contribution in [-0.4, -0.2) is 74.7 Å². The third kappa shape index (κ3) is 3.60. The lowest BCUT2D eigenvalue weighted by Gasteiger charge is -2.35. The van der Waals surface area contributed by atoms with Gasteiger partial charge in [-0.3, -0.25) is 0 Å². The quantitative estimate of drug-likeness (QED) is 0.592. The Hall–Kier alpha value is -0.250. The van der Waals surface area contributed by atoms with E-state index in [1.165, 1.54) is 15.7 Å². The zero-order chi connectivity index (χ0) is 12.9. The molecule has 0 aromatic rings. The molecule has 8 heteroatoms. The Morgan fingerprint density at radius 3 is 2.88 bits per heavy atom. The highest BCUT2D eigenvalue weighted by molar-refractivity contribution is 7.86. The van der Waals surface area contributed by atoms with Crippen LogP contribution < -0.4 is 5.73 Å². The Morgan fingerprint density at radius 1 is 1.59 bits per heavy atom. The van der Waals surface area contributed by atoms with Crippen molar-refractivity contribution in [3.8, 4) is 0 Å². The number of rotatable bonds is 6. The van der Waals surface area contributed by atoms with E-state index in [1.807, 2.05) is 0 Å². The van der Waals surface area contributed by atoms with Crippen LogP contribution >= 0.6 is 0 Å². The smallest absolute Gasteiger partial charge is 0.282 e. The highest BCUT2D eigenvalue weighted by Crippen LogP contribution is 2.15. The zero-order valence-corrected chi connectivity index (χ0v) is 10.9. The van der Waals surface area contributed by atoms with E-state index in [4.69, 9.17) is 15.6 Å². The van der Waals surface area contributed by atoms with Gasteiger partial charge in [0.25, 0.3) is 10.2 Å². The van der Waals surface area contributed by atoms with Gasteiger partial charge in [-0.25, -0.2) is 0 Å². The van der Waals surface area contributed by atoms with Gasteiger partial charge in [-0.1, -0.05) is 0 Å². The first kappa shape index (κ1) is 14.8. The summed E-state index contributed by atoms with van der Waals surface area (Å²) in [6, 6.07) is -0.492. The number of nitrogens with zero attached hydrogens (tertiary/aromatic N) is 2. The van der Waals surface area contributed by atoms with Crippen molar-refractivity contribution in [3.05, 3.63) is 0 Å². The van der Waals surface area contributed by atoms with Crippen molar-refractivity contribution in [1.82, 2.24) is 8.61 Å². The summed E-state index contributed by atoms with van der Waals surface area (Å²) in [4.78, 5) is 0. The Balaban J connectivity index is 2.73. The number of aliphatic hydroxyl groups excluding tert-OH is 1.